The first kappa shape index (κ1) is 10.5. The number of nitrogens with zero attached hydrogens (tertiary/aromatic N) is 2. The number of carboxylic acid groups (broad SMARTS) is 1. The minimum atomic E-state index is -1.17. The fourth-order valence-corrected chi connectivity index (χ4v) is 1.79. The molecule has 6 nitrogen and oxygen atoms in total. The molecule has 1 aliphatic carbocycles. The van der Waals surface area contributed by atoms with Gasteiger partial charge in [-0.3, -0.25) is 15.1 Å². The Kier molecular flexibility index (Phi) is 2.80. The smallest absolute Gasteiger partial charge is 0.410 e. The second-order valence-electron chi connectivity index (χ2n) is 3.74. The number of carbonyl (C=O) groups is 2. The van der Waals surface area contributed by atoms with Gasteiger partial charge in [0.05, 0.1) is 18.1 Å². The zero-order chi connectivity index (χ0) is 11.5. The van der Waals surface area contributed by atoms with Gasteiger partial charge in [-0.2, -0.15) is 0 Å². The Balaban J connectivity index is 2.07. The lowest BCUT2D eigenvalue weighted by Crippen LogP contribution is -2.09. The molecule has 1 heterocycles. The predicted molar refractivity (Wildman–Crippen MR) is 55.3 cm³/mol. The Bertz CT molecular complexity index is 416. The maximum atomic E-state index is 11.1. The molecule has 1 saturated carbocycles. The molecule has 2 N–H and O–H groups in total. The Labute approximate surface area is 91.7 Å². The number of anilines is 1. The van der Waals surface area contributed by atoms with E-state index >= 15 is 0 Å². The molecule has 1 unspecified atom stereocenters. The minimum absolute atomic E-state index is 0.138. The van der Waals surface area contributed by atoms with Crippen LogP contribution in [-0.2, 0) is 4.79 Å². The summed E-state index contributed by atoms with van der Waals surface area (Å²) in [6.45, 7) is 0. The van der Waals surface area contributed by atoms with Gasteiger partial charge in [-0.05, 0) is 6.42 Å². The lowest BCUT2D eigenvalue weighted by molar-refractivity contribution is -0.117. The lowest BCUT2D eigenvalue weighted by Gasteiger charge is -2.07. The van der Waals surface area contributed by atoms with Crippen molar-refractivity contribution in [3.63, 3.8) is 0 Å². The number of nitrogens with one attached hydrogen (secondary N) is 1. The van der Waals surface area contributed by atoms with E-state index in [4.69, 9.17) is 5.11 Å². The van der Waals surface area contributed by atoms with Gasteiger partial charge in [-0.25, -0.2) is 9.78 Å². The zero-order valence-corrected chi connectivity index (χ0v) is 8.51. The fourth-order valence-electron chi connectivity index (χ4n) is 1.79. The number of Topliss-reactive ketones (excluding diaryl/α,β-unsaturated/α-hetero) is 1. The molecule has 16 heavy (non-hydrogen) atoms. The summed E-state index contributed by atoms with van der Waals surface area (Å²) < 4.78 is 0. The van der Waals surface area contributed by atoms with Crippen LogP contribution in [0.15, 0.2) is 12.4 Å². The first-order valence-corrected chi connectivity index (χ1v) is 4.99. The molecule has 0 aliphatic heterocycles. The Morgan fingerprint density at radius 1 is 1.44 bits per heavy atom. The van der Waals surface area contributed by atoms with Crippen molar-refractivity contribution in [1.82, 2.24) is 9.97 Å². The van der Waals surface area contributed by atoms with E-state index in [0.29, 0.717) is 12.8 Å². The highest BCUT2D eigenvalue weighted by Gasteiger charge is 2.24. The highest BCUT2D eigenvalue weighted by Crippen LogP contribution is 2.30. The van der Waals surface area contributed by atoms with E-state index in [1.165, 1.54) is 12.4 Å². The zero-order valence-electron chi connectivity index (χ0n) is 8.51. The standard InChI is InChI=1S/C10H11N3O3/c14-7-2-1-6(3-7)8-4-12-9(5-11-8)13-10(15)16/h4-6H,1-3H2,(H,12,13)(H,15,16). The van der Waals surface area contributed by atoms with Crippen LogP contribution in [0.1, 0.15) is 30.9 Å². The van der Waals surface area contributed by atoms with Gasteiger partial charge in [0.15, 0.2) is 5.82 Å². The van der Waals surface area contributed by atoms with Crippen LogP contribution in [0.25, 0.3) is 0 Å². The van der Waals surface area contributed by atoms with Gasteiger partial charge in [0, 0.05) is 18.8 Å². The van der Waals surface area contributed by atoms with Crippen molar-refractivity contribution in [1.29, 1.82) is 0 Å². The van der Waals surface area contributed by atoms with E-state index in [0.717, 1.165) is 12.1 Å². The molecule has 1 amide bonds. The molecule has 0 saturated heterocycles. The van der Waals surface area contributed by atoms with Gasteiger partial charge >= 0.3 is 6.09 Å². The van der Waals surface area contributed by atoms with Crippen LogP contribution in [-0.4, -0.2) is 27.0 Å². The lowest BCUT2D eigenvalue weighted by atomic mass is 10.1. The first-order chi connectivity index (χ1) is 7.65. The molecule has 0 radical (unpaired) electrons. The Morgan fingerprint density at radius 3 is 2.75 bits per heavy atom. The van der Waals surface area contributed by atoms with Gasteiger partial charge in [-0.15, -0.1) is 0 Å². The predicted octanol–water partition coefficient (Wildman–Crippen LogP) is 1.40. The van der Waals surface area contributed by atoms with Gasteiger partial charge in [0.1, 0.15) is 5.78 Å². The third-order valence-electron chi connectivity index (χ3n) is 2.57. The molecule has 0 spiro atoms. The maximum absolute atomic E-state index is 11.1. The molecule has 0 bridgehead atoms. The number of ketones is 1. The summed E-state index contributed by atoms with van der Waals surface area (Å²) in [5, 5.41) is 10.6. The van der Waals surface area contributed by atoms with E-state index < -0.39 is 6.09 Å². The van der Waals surface area contributed by atoms with Crippen LogP contribution >= 0.6 is 0 Å². The molecule has 1 aliphatic rings. The van der Waals surface area contributed by atoms with Crippen molar-refractivity contribution in [2.24, 2.45) is 0 Å². The van der Waals surface area contributed by atoms with E-state index in [1.54, 1.807) is 0 Å². The van der Waals surface area contributed by atoms with E-state index in [9.17, 15) is 9.59 Å². The number of carbonyl (C=O) groups excluding carboxylic acids is 1. The summed E-state index contributed by atoms with van der Waals surface area (Å²) in [7, 11) is 0. The van der Waals surface area contributed by atoms with Gasteiger partial charge in [-0.1, -0.05) is 0 Å². The van der Waals surface area contributed by atoms with Crippen LogP contribution in [0.4, 0.5) is 10.6 Å². The summed E-state index contributed by atoms with van der Waals surface area (Å²) >= 11 is 0. The van der Waals surface area contributed by atoms with E-state index in [-0.39, 0.29) is 17.5 Å². The molecule has 1 aromatic heterocycles. The second kappa shape index (κ2) is 4.26. The van der Waals surface area contributed by atoms with Crippen molar-refractivity contribution >= 4 is 17.7 Å². The molecular weight excluding hydrogens is 210 g/mol. The molecule has 0 aromatic carbocycles. The number of aromatic nitrogens is 2. The average molecular weight is 221 g/mol. The van der Waals surface area contributed by atoms with E-state index in [2.05, 4.69) is 15.3 Å². The molecule has 2 rings (SSSR count). The van der Waals surface area contributed by atoms with Crippen molar-refractivity contribution < 1.29 is 14.7 Å². The monoisotopic (exact) mass is 221 g/mol. The average Bonchev–Trinajstić information content (AvgIpc) is 2.65. The SMILES string of the molecule is O=C1CCC(c2cnc(NC(=O)O)cn2)C1. The third-order valence-corrected chi connectivity index (χ3v) is 2.57. The van der Waals surface area contributed by atoms with Crippen molar-refractivity contribution in [2.45, 2.75) is 25.2 Å². The highest BCUT2D eigenvalue weighted by molar-refractivity contribution is 5.82. The summed E-state index contributed by atoms with van der Waals surface area (Å²) in [6.07, 6.45) is 3.64. The number of hydrogen-bond acceptors (Lipinski definition) is 4. The van der Waals surface area contributed by atoms with Crippen LogP contribution < -0.4 is 5.32 Å². The molecular formula is C10H11N3O3. The highest BCUT2D eigenvalue weighted by atomic mass is 16.4. The Hall–Kier alpha value is -1.98. The molecule has 1 fully saturated rings. The molecule has 6 heteroatoms. The summed E-state index contributed by atoms with van der Waals surface area (Å²) in [5.74, 6) is 0.582. The number of rotatable bonds is 2. The third kappa shape index (κ3) is 2.33. The largest absolute Gasteiger partial charge is 0.465 e. The number of amides is 1. The van der Waals surface area contributed by atoms with Crippen LogP contribution in [0.3, 0.4) is 0 Å². The second-order valence-corrected chi connectivity index (χ2v) is 3.74. The first-order valence-electron chi connectivity index (χ1n) is 4.99. The summed E-state index contributed by atoms with van der Waals surface area (Å²) in [5.41, 5.74) is 0.752. The Morgan fingerprint density at radius 2 is 2.25 bits per heavy atom. The van der Waals surface area contributed by atoms with Gasteiger partial charge < -0.3 is 5.11 Å². The summed E-state index contributed by atoms with van der Waals surface area (Å²) in [6, 6.07) is 0. The molecule has 84 valence electrons. The van der Waals surface area contributed by atoms with Crippen molar-refractivity contribution in [2.75, 3.05) is 5.32 Å². The topological polar surface area (TPSA) is 92.2 Å². The van der Waals surface area contributed by atoms with Crippen LogP contribution in [0.5, 0.6) is 0 Å². The van der Waals surface area contributed by atoms with Gasteiger partial charge in [0.2, 0.25) is 0 Å². The number of hydrogen-bond donors (Lipinski definition) is 2. The minimum Gasteiger partial charge on any atom is -0.465 e. The van der Waals surface area contributed by atoms with Crippen LogP contribution in [0.2, 0.25) is 0 Å². The van der Waals surface area contributed by atoms with Crippen LogP contribution in [0, 0.1) is 0 Å². The normalized spacial score (nSPS) is 19.8. The molecule has 1 atom stereocenters. The van der Waals surface area contributed by atoms with Crippen molar-refractivity contribution in [3.8, 4) is 0 Å². The fraction of sp³-hybridized carbons (Fsp3) is 0.400. The molecule has 1 aromatic rings. The van der Waals surface area contributed by atoms with Gasteiger partial charge in [0.25, 0.3) is 0 Å². The maximum Gasteiger partial charge on any atom is 0.410 e. The van der Waals surface area contributed by atoms with Crippen molar-refractivity contribution in [3.05, 3.63) is 18.1 Å². The summed E-state index contributed by atoms with van der Waals surface area (Å²) in [4.78, 5) is 29.5. The quantitative estimate of drug-likeness (QED) is 0.787. The van der Waals surface area contributed by atoms with E-state index in [1.807, 2.05) is 0 Å².